The Bertz CT molecular complexity index is 314. The van der Waals surface area contributed by atoms with Crippen LogP contribution in [-0.4, -0.2) is 25.3 Å². The maximum atomic E-state index is 9.70. The fourth-order valence-corrected chi connectivity index (χ4v) is 1.85. The summed E-state index contributed by atoms with van der Waals surface area (Å²) in [5.41, 5.74) is 2.10. The molecule has 0 amide bonds. The van der Waals surface area contributed by atoms with Crippen molar-refractivity contribution in [2.75, 3.05) is 20.2 Å². The van der Waals surface area contributed by atoms with Crippen LogP contribution in [0.3, 0.4) is 0 Å². The molecule has 0 radical (unpaired) electrons. The number of aliphatic hydroxyl groups excluding tert-OH is 1. The van der Waals surface area contributed by atoms with Crippen LogP contribution in [0.25, 0.3) is 0 Å². The first-order chi connectivity index (χ1) is 6.83. The Morgan fingerprint density at radius 1 is 1.43 bits per heavy atom. The number of nitrogens with one attached hydrogen (secondary N) is 1. The third-order valence-corrected chi connectivity index (χ3v) is 2.55. The van der Waals surface area contributed by atoms with Gasteiger partial charge in [0.1, 0.15) is 6.10 Å². The number of aliphatic hydroxyl groups is 1. The third kappa shape index (κ3) is 1.66. The summed E-state index contributed by atoms with van der Waals surface area (Å²) in [4.78, 5) is 0. The quantitative estimate of drug-likeness (QED) is 0.736. The van der Waals surface area contributed by atoms with Gasteiger partial charge in [0.05, 0.1) is 12.7 Å². The van der Waals surface area contributed by atoms with Crippen molar-refractivity contribution in [3.63, 3.8) is 0 Å². The van der Waals surface area contributed by atoms with E-state index in [0.717, 1.165) is 17.7 Å². The molecule has 3 heteroatoms. The van der Waals surface area contributed by atoms with E-state index in [1.165, 1.54) is 0 Å². The van der Waals surface area contributed by atoms with Crippen molar-refractivity contribution in [1.82, 2.24) is 5.32 Å². The Kier molecular flexibility index (Phi) is 2.82. The highest BCUT2D eigenvalue weighted by atomic mass is 16.5. The molecule has 76 valence electrons. The lowest BCUT2D eigenvalue weighted by Crippen LogP contribution is -2.27. The molecule has 2 atom stereocenters. The molecule has 1 aliphatic heterocycles. The normalized spacial score (nSPS) is 25.9. The molecule has 1 heterocycles. The van der Waals surface area contributed by atoms with Gasteiger partial charge in [0, 0.05) is 6.54 Å². The summed E-state index contributed by atoms with van der Waals surface area (Å²) < 4.78 is 5.54. The largest absolute Gasteiger partial charge is 0.386 e. The van der Waals surface area contributed by atoms with E-state index in [1.807, 2.05) is 31.3 Å². The van der Waals surface area contributed by atoms with Crippen molar-refractivity contribution in [2.24, 2.45) is 0 Å². The molecular formula is C11H15NO2. The summed E-state index contributed by atoms with van der Waals surface area (Å²) in [7, 11) is 1.90. The Balaban J connectivity index is 2.31. The van der Waals surface area contributed by atoms with Gasteiger partial charge in [-0.25, -0.2) is 0 Å². The lowest BCUT2D eigenvalue weighted by atomic mass is 9.96. The van der Waals surface area contributed by atoms with Gasteiger partial charge in [0.25, 0.3) is 0 Å². The van der Waals surface area contributed by atoms with Crippen molar-refractivity contribution in [3.05, 3.63) is 35.4 Å². The minimum absolute atomic E-state index is 0.0691. The second-order valence-corrected chi connectivity index (χ2v) is 3.52. The second-order valence-electron chi connectivity index (χ2n) is 3.52. The van der Waals surface area contributed by atoms with Crippen LogP contribution in [0.2, 0.25) is 0 Å². The molecule has 2 unspecified atom stereocenters. The van der Waals surface area contributed by atoms with Crippen LogP contribution in [0, 0.1) is 0 Å². The fraction of sp³-hybridized carbons (Fsp3) is 0.455. The molecule has 0 aliphatic carbocycles. The van der Waals surface area contributed by atoms with Crippen LogP contribution < -0.4 is 5.32 Å². The Hall–Kier alpha value is -0.900. The number of hydrogen-bond donors (Lipinski definition) is 2. The Morgan fingerprint density at radius 3 is 2.86 bits per heavy atom. The fourth-order valence-electron chi connectivity index (χ4n) is 1.85. The molecule has 0 saturated carbocycles. The smallest absolute Gasteiger partial charge is 0.103 e. The highest BCUT2D eigenvalue weighted by Crippen LogP contribution is 2.31. The molecule has 2 rings (SSSR count). The van der Waals surface area contributed by atoms with Gasteiger partial charge in [0.2, 0.25) is 0 Å². The van der Waals surface area contributed by atoms with E-state index in [-0.39, 0.29) is 6.10 Å². The molecule has 1 aromatic rings. The van der Waals surface area contributed by atoms with Crippen molar-refractivity contribution < 1.29 is 9.84 Å². The number of hydrogen-bond acceptors (Lipinski definition) is 3. The van der Waals surface area contributed by atoms with Gasteiger partial charge in [-0.3, -0.25) is 0 Å². The molecule has 1 aliphatic rings. The van der Waals surface area contributed by atoms with E-state index in [0.29, 0.717) is 6.61 Å². The topological polar surface area (TPSA) is 41.5 Å². The van der Waals surface area contributed by atoms with Gasteiger partial charge in [-0.05, 0) is 18.2 Å². The molecule has 3 nitrogen and oxygen atoms in total. The lowest BCUT2D eigenvalue weighted by Gasteiger charge is -2.29. The molecule has 14 heavy (non-hydrogen) atoms. The molecule has 0 bridgehead atoms. The van der Waals surface area contributed by atoms with Crippen molar-refractivity contribution in [2.45, 2.75) is 12.2 Å². The summed E-state index contributed by atoms with van der Waals surface area (Å²) in [5, 5.41) is 12.8. The zero-order valence-corrected chi connectivity index (χ0v) is 8.23. The van der Waals surface area contributed by atoms with Crippen LogP contribution in [0.4, 0.5) is 0 Å². The summed E-state index contributed by atoms with van der Waals surface area (Å²) in [6, 6.07) is 7.90. The summed E-state index contributed by atoms with van der Waals surface area (Å²) in [5.74, 6) is 0. The predicted octanol–water partition coefficient (Wildman–Crippen LogP) is 1.01. The summed E-state index contributed by atoms with van der Waals surface area (Å²) in [6.07, 6.45) is -0.404. The maximum Gasteiger partial charge on any atom is 0.103 e. The van der Waals surface area contributed by atoms with E-state index >= 15 is 0 Å². The number of fused-ring (bicyclic) bond motifs is 1. The molecule has 0 aromatic heterocycles. The zero-order chi connectivity index (χ0) is 9.97. The molecule has 2 N–H and O–H groups in total. The van der Waals surface area contributed by atoms with Gasteiger partial charge >= 0.3 is 0 Å². The van der Waals surface area contributed by atoms with Crippen LogP contribution in [0.5, 0.6) is 0 Å². The SMILES string of the molecule is CNCC1OCC(O)c2ccccc21. The Labute approximate surface area is 83.7 Å². The van der Waals surface area contributed by atoms with Gasteiger partial charge < -0.3 is 15.2 Å². The van der Waals surface area contributed by atoms with Crippen LogP contribution in [0.1, 0.15) is 23.3 Å². The second kappa shape index (κ2) is 4.09. The van der Waals surface area contributed by atoms with Gasteiger partial charge in [-0.1, -0.05) is 24.3 Å². The summed E-state index contributed by atoms with van der Waals surface area (Å²) >= 11 is 0. The number of benzene rings is 1. The van der Waals surface area contributed by atoms with Crippen LogP contribution in [0.15, 0.2) is 24.3 Å². The van der Waals surface area contributed by atoms with Crippen molar-refractivity contribution in [3.8, 4) is 0 Å². The van der Waals surface area contributed by atoms with Crippen LogP contribution >= 0.6 is 0 Å². The van der Waals surface area contributed by atoms with Crippen LogP contribution in [-0.2, 0) is 4.74 Å². The number of rotatable bonds is 2. The molecule has 0 saturated heterocycles. The van der Waals surface area contributed by atoms with E-state index in [9.17, 15) is 5.11 Å². The first kappa shape index (κ1) is 9.65. The van der Waals surface area contributed by atoms with Crippen molar-refractivity contribution in [1.29, 1.82) is 0 Å². The minimum atomic E-state index is -0.473. The maximum absolute atomic E-state index is 9.70. The third-order valence-electron chi connectivity index (χ3n) is 2.55. The highest BCUT2D eigenvalue weighted by Gasteiger charge is 2.25. The summed E-state index contributed by atoms with van der Waals surface area (Å²) in [6.45, 7) is 1.17. The highest BCUT2D eigenvalue weighted by molar-refractivity contribution is 5.32. The Morgan fingerprint density at radius 2 is 2.14 bits per heavy atom. The van der Waals surface area contributed by atoms with Gasteiger partial charge in [-0.2, -0.15) is 0 Å². The van der Waals surface area contributed by atoms with Gasteiger partial charge in [0.15, 0.2) is 0 Å². The average molecular weight is 193 g/mol. The first-order valence-electron chi connectivity index (χ1n) is 4.86. The average Bonchev–Trinajstić information content (AvgIpc) is 2.23. The first-order valence-corrected chi connectivity index (χ1v) is 4.86. The number of ether oxygens (including phenoxy) is 1. The lowest BCUT2D eigenvalue weighted by molar-refractivity contribution is -0.0289. The van der Waals surface area contributed by atoms with E-state index < -0.39 is 6.10 Å². The van der Waals surface area contributed by atoms with Gasteiger partial charge in [-0.15, -0.1) is 0 Å². The number of likely N-dealkylation sites (N-methyl/N-ethyl adjacent to an activating group) is 1. The zero-order valence-electron chi connectivity index (χ0n) is 8.23. The monoisotopic (exact) mass is 193 g/mol. The molecule has 0 spiro atoms. The predicted molar refractivity (Wildman–Crippen MR) is 54.0 cm³/mol. The molecule has 0 fully saturated rings. The standard InChI is InChI=1S/C11H15NO2/c1-12-6-11-9-5-3-2-4-8(9)10(13)7-14-11/h2-5,10-13H,6-7H2,1H3. The van der Waals surface area contributed by atoms with E-state index in [4.69, 9.17) is 4.74 Å². The molecular weight excluding hydrogens is 178 g/mol. The van der Waals surface area contributed by atoms with Crippen molar-refractivity contribution >= 4 is 0 Å². The molecule has 1 aromatic carbocycles. The van der Waals surface area contributed by atoms with E-state index in [1.54, 1.807) is 0 Å². The minimum Gasteiger partial charge on any atom is -0.386 e. The van der Waals surface area contributed by atoms with E-state index in [2.05, 4.69) is 5.32 Å².